The van der Waals surface area contributed by atoms with Gasteiger partial charge < -0.3 is 0 Å². The van der Waals surface area contributed by atoms with Gasteiger partial charge in [0.05, 0.1) is 5.69 Å². The van der Waals surface area contributed by atoms with E-state index in [9.17, 15) is 4.39 Å². The van der Waals surface area contributed by atoms with Crippen LogP contribution in [0.5, 0.6) is 0 Å². The van der Waals surface area contributed by atoms with E-state index in [0.717, 1.165) is 29.5 Å². The largest absolute Gasteiger partial charge is 0.256 e. The average molecular weight is 371 g/mol. The van der Waals surface area contributed by atoms with E-state index in [-0.39, 0.29) is 5.82 Å². The van der Waals surface area contributed by atoms with Gasteiger partial charge in [-0.2, -0.15) is 0 Å². The highest BCUT2D eigenvalue weighted by molar-refractivity contribution is 5.82. The number of hydrogen-bond donors (Lipinski definition) is 0. The zero-order valence-electron chi connectivity index (χ0n) is 16.4. The van der Waals surface area contributed by atoms with Crippen LogP contribution in [0, 0.1) is 12.7 Å². The highest BCUT2D eigenvalue weighted by Crippen LogP contribution is 2.26. The van der Waals surface area contributed by atoms with Gasteiger partial charge in [0, 0.05) is 17.8 Å². The topological polar surface area (TPSA) is 12.4 Å². The highest BCUT2D eigenvalue weighted by atomic mass is 19.1. The van der Waals surface area contributed by atoms with Gasteiger partial charge in [-0.05, 0) is 61.4 Å². The summed E-state index contributed by atoms with van der Waals surface area (Å²) in [5.74, 6) is -0.256. The summed E-state index contributed by atoms with van der Waals surface area (Å²) in [6.07, 6.45) is 8.25. The molecule has 3 aromatic rings. The Hall–Kier alpha value is -3.00. The fourth-order valence-corrected chi connectivity index (χ4v) is 3.09. The molecule has 0 fully saturated rings. The second-order valence-electron chi connectivity index (χ2n) is 7.06. The number of aliphatic imine (C=N–C) groups is 1. The maximum atomic E-state index is 14.5. The van der Waals surface area contributed by atoms with Crippen molar-refractivity contribution < 1.29 is 4.39 Å². The van der Waals surface area contributed by atoms with Crippen molar-refractivity contribution in [3.63, 3.8) is 0 Å². The molecular formula is C26H26FN. The van der Waals surface area contributed by atoms with Crippen LogP contribution in [0.2, 0.25) is 0 Å². The number of benzene rings is 3. The van der Waals surface area contributed by atoms with Crippen molar-refractivity contribution in [3.8, 4) is 11.1 Å². The van der Waals surface area contributed by atoms with Gasteiger partial charge in [0.15, 0.2) is 0 Å². The van der Waals surface area contributed by atoms with Gasteiger partial charge in [0.25, 0.3) is 0 Å². The smallest absolute Gasteiger partial charge is 0.133 e. The summed E-state index contributed by atoms with van der Waals surface area (Å²) in [6, 6.07) is 21.4. The SMILES string of the molecule is C=CCCCCc1ccc(C=Nc2ccc(-c3ccc(C)cc3)c(F)c2)cc1. The van der Waals surface area contributed by atoms with Gasteiger partial charge in [-0.15, -0.1) is 6.58 Å². The van der Waals surface area contributed by atoms with Crippen molar-refractivity contribution in [1.82, 2.24) is 0 Å². The van der Waals surface area contributed by atoms with E-state index < -0.39 is 0 Å². The Bertz CT molecular complexity index is 937. The number of hydrogen-bond acceptors (Lipinski definition) is 1. The first-order valence-electron chi connectivity index (χ1n) is 9.76. The van der Waals surface area contributed by atoms with Gasteiger partial charge in [-0.3, -0.25) is 4.99 Å². The summed E-state index contributed by atoms with van der Waals surface area (Å²) in [4.78, 5) is 4.43. The maximum absolute atomic E-state index is 14.5. The molecule has 28 heavy (non-hydrogen) atoms. The van der Waals surface area contributed by atoms with Gasteiger partial charge in [0.1, 0.15) is 5.82 Å². The van der Waals surface area contributed by atoms with Crippen molar-refractivity contribution in [3.05, 3.63) is 102 Å². The van der Waals surface area contributed by atoms with E-state index in [4.69, 9.17) is 0 Å². The van der Waals surface area contributed by atoms with E-state index in [1.54, 1.807) is 12.3 Å². The lowest BCUT2D eigenvalue weighted by Gasteiger charge is -2.05. The van der Waals surface area contributed by atoms with Gasteiger partial charge >= 0.3 is 0 Å². The van der Waals surface area contributed by atoms with Crippen LogP contribution in [0.3, 0.4) is 0 Å². The normalized spacial score (nSPS) is 11.1. The predicted octanol–water partition coefficient (Wildman–Crippen LogP) is 7.45. The summed E-state index contributed by atoms with van der Waals surface area (Å²) >= 11 is 0. The molecule has 0 aliphatic rings. The molecule has 0 aliphatic heterocycles. The van der Waals surface area contributed by atoms with Crippen molar-refractivity contribution in [2.75, 3.05) is 0 Å². The summed E-state index contributed by atoms with van der Waals surface area (Å²) in [6.45, 7) is 5.77. The second-order valence-corrected chi connectivity index (χ2v) is 7.06. The molecule has 0 bridgehead atoms. The maximum Gasteiger partial charge on any atom is 0.133 e. The number of halogens is 1. The van der Waals surface area contributed by atoms with Crippen LogP contribution >= 0.6 is 0 Å². The zero-order valence-corrected chi connectivity index (χ0v) is 16.4. The summed E-state index contributed by atoms with van der Waals surface area (Å²) < 4.78 is 14.5. The Balaban J connectivity index is 1.64. The van der Waals surface area contributed by atoms with E-state index in [1.807, 2.05) is 43.3 Å². The zero-order chi connectivity index (χ0) is 19.8. The molecule has 0 aliphatic carbocycles. The fourth-order valence-electron chi connectivity index (χ4n) is 3.09. The van der Waals surface area contributed by atoms with E-state index in [1.165, 1.54) is 24.5 Å². The number of unbranched alkanes of at least 4 members (excludes halogenated alkanes) is 2. The van der Waals surface area contributed by atoms with E-state index in [2.05, 4.69) is 35.8 Å². The lowest BCUT2D eigenvalue weighted by Crippen LogP contribution is -1.88. The molecule has 0 radical (unpaired) electrons. The molecule has 3 rings (SSSR count). The molecule has 0 heterocycles. The number of aryl methyl sites for hydroxylation is 2. The molecule has 142 valence electrons. The molecule has 0 saturated carbocycles. The Labute approximate surface area is 167 Å². The third-order valence-electron chi connectivity index (χ3n) is 4.78. The predicted molar refractivity (Wildman–Crippen MR) is 118 cm³/mol. The van der Waals surface area contributed by atoms with Crippen LogP contribution in [-0.4, -0.2) is 6.21 Å². The summed E-state index contributed by atoms with van der Waals surface area (Å²) in [5.41, 5.74) is 5.59. The van der Waals surface area contributed by atoms with Crippen LogP contribution in [0.1, 0.15) is 36.0 Å². The van der Waals surface area contributed by atoms with E-state index >= 15 is 0 Å². The van der Waals surface area contributed by atoms with Crippen molar-refractivity contribution >= 4 is 11.9 Å². The third kappa shape index (κ3) is 5.50. The van der Waals surface area contributed by atoms with Crippen LogP contribution in [0.15, 0.2) is 84.4 Å². The highest BCUT2D eigenvalue weighted by Gasteiger charge is 2.05. The Morgan fingerprint density at radius 1 is 0.929 bits per heavy atom. The van der Waals surface area contributed by atoms with Gasteiger partial charge in [-0.25, -0.2) is 4.39 Å². The number of allylic oxidation sites excluding steroid dienone is 1. The molecule has 0 unspecified atom stereocenters. The van der Waals surface area contributed by atoms with Gasteiger partial charge in [-0.1, -0.05) is 60.2 Å². The minimum absolute atomic E-state index is 0.256. The fraction of sp³-hybridized carbons (Fsp3) is 0.192. The molecule has 0 N–H and O–H groups in total. The quantitative estimate of drug-likeness (QED) is 0.221. The van der Waals surface area contributed by atoms with Gasteiger partial charge in [0.2, 0.25) is 0 Å². The third-order valence-corrected chi connectivity index (χ3v) is 4.78. The Kier molecular flexibility index (Phi) is 6.91. The van der Waals surface area contributed by atoms with Crippen molar-refractivity contribution in [2.24, 2.45) is 4.99 Å². The average Bonchev–Trinajstić information content (AvgIpc) is 2.71. The molecule has 0 atom stereocenters. The molecule has 0 saturated heterocycles. The van der Waals surface area contributed by atoms with E-state index in [0.29, 0.717) is 11.3 Å². The van der Waals surface area contributed by atoms with Crippen LogP contribution in [0.4, 0.5) is 10.1 Å². The Morgan fingerprint density at radius 2 is 1.68 bits per heavy atom. The second kappa shape index (κ2) is 9.80. The first-order valence-corrected chi connectivity index (χ1v) is 9.76. The molecule has 3 aromatic carbocycles. The standard InChI is InChI=1S/C26H26FN/c1-3-4-5-6-7-21-10-12-22(13-11-21)19-28-24-16-17-25(26(27)18-24)23-14-8-20(2)9-15-23/h3,8-19H,1,4-7H2,2H3. The molecule has 1 nitrogen and oxygen atoms in total. The first-order chi connectivity index (χ1) is 13.7. The molecule has 0 amide bonds. The first kappa shape index (κ1) is 19.8. The molecule has 0 spiro atoms. The monoisotopic (exact) mass is 371 g/mol. The minimum atomic E-state index is -0.256. The summed E-state index contributed by atoms with van der Waals surface area (Å²) in [7, 11) is 0. The van der Waals surface area contributed by atoms with Crippen molar-refractivity contribution in [1.29, 1.82) is 0 Å². The molecule has 2 heteroatoms. The van der Waals surface area contributed by atoms with Crippen LogP contribution in [0.25, 0.3) is 11.1 Å². The lowest BCUT2D eigenvalue weighted by molar-refractivity contribution is 0.631. The van der Waals surface area contributed by atoms with Crippen LogP contribution < -0.4 is 0 Å². The van der Waals surface area contributed by atoms with Crippen molar-refractivity contribution in [2.45, 2.75) is 32.6 Å². The minimum Gasteiger partial charge on any atom is -0.256 e. The summed E-state index contributed by atoms with van der Waals surface area (Å²) in [5, 5.41) is 0. The number of rotatable bonds is 8. The molecule has 0 aromatic heterocycles. The van der Waals surface area contributed by atoms with Crippen LogP contribution in [-0.2, 0) is 6.42 Å². The Morgan fingerprint density at radius 3 is 2.36 bits per heavy atom. The number of nitrogens with zero attached hydrogens (tertiary/aromatic N) is 1. The lowest BCUT2D eigenvalue weighted by atomic mass is 10.0. The molecular weight excluding hydrogens is 345 g/mol.